The Morgan fingerprint density at radius 3 is 2.50 bits per heavy atom. The average molecular weight is 422 g/mol. The summed E-state index contributed by atoms with van der Waals surface area (Å²) in [6.45, 7) is 2.22. The number of benzene rings is 3. The number of aromatic nitrogens is 1. The van der Waals surface area contributed by atoms with E-state index in [0.717, 1.165) is 16.7 Å². The molecule has 0 radical (unpaired) electrons. The average Bonchev–Trinajstić information content (AvgIpc) is 3.14. The van der Waals surface area contributed by atoms with Crippen LogP contribution < -0.4 is 9.47 Å². The number of aromatic hydroxyl groups is 1. The molecule has 3 aromatic carbocycles. The number of rotatable bonds is 6. The summed E-state index contributed by atoms with van der Waals surface area (Å²) < 4.78 is 16.9. The number of phenols is 1. The molecule has 0 saturated carbocycles. The highest BCUT2D eigenvalue weighted by Gasteiger charge is 2.22. The number of para-hydroxylation sites is 1. The number of methoxy groups -OCH3 is 1. The third-order valence-electron chi connectivity index (χ3n) is 4.77. The molecule has 0 bridgehead atoms. The van der Waals surface area contributed by atoms with Gasteiger partial charge in [0.2, 0.25) is 0 Å². The standard InChI is InChI=1S/C24H20ClNO4/c1-15-23(20-5-3-4-6-22(20)28-2)24(30-26-15)19-12-11-18(13-21(19)27)29-14-16-7-9-17(25)10-8-16/h3-13,27H,14H2,1-2H3. The zero-order valence-electron chi connectivity index (χ0n) is 16.6. The van der Waals surface area contributed by atoms with Crippen molar-refractivity contribution < 1.29 is 19.1 Å². The first-order chi connectivity index (χ1) is 14.6. The van der Waals surface area contributed by atoms with Gasteiger partial charge >= 0.3 is 0 Å². The van der Waals surface area contributed by atoms with Crippen LogP contribution >= 0.6 is 11.6 Å². The molecule has 1 aromatic heterocycles. The van der Waals surface area contributed by atoms with Crippen molar-refractivity contribution in [3.8, 4) is 39.7 Å². The molecule has 4 rings (SSSR count). The maximum atomic E-state index is 10.7. The SMILES string of the molecule is COc1ccccc1-c1c(C)noc1-c1ccc(OCc2ccc(Cl)cc2)cc1O. The molecule has 6 heteroatoms. The maximum Gasteiger partial charge on any atom is 0.178 e. The zero-order valence-corrected chi connectivity index (χ0v) is 17.3. The molecule has 1 heterocycles. The highest BCUT2D eigenvalue weighted by molar-refractivity contribution is 6.30. The summed E-state index contributed by atoms with van der Waals surface area (Å²) in [5.74, 6) is 1.75. The molecule has 0 saturated heterocycles. The molecule has 0 fully saturated rings. The molecule has 4 aromatic rings. The number of hydrogen-bond donors (Lipinski definition) is 1. The molecule has 0 unspecified atom stereocenters. The molecular weight excluding hydrogens is 402 g/mol. The molecule has 5 nitrogen and oxygen atoms in total. The van der Waals surface area contributed by atoms with Crippen molar-refractivity contribution in [3.63, 3.8) is 0 Å². The van der Waals surface area contributed by atoms with E-state index in [0.29, 0.717) is 40.1 Å². The Bertz CT molecular complexity index is 1170. The quantitative estimate of drug-likeness (QED) is 0.397. The van der Waals surface area contributed by atoms with Gasteiger partial charge in [-0.05, 0) is 42.8 Å². The maximum absolute atomic E-state index is 10.7. The number of aryl methyl sites for hydroxylation is 1. The Balaban J connectivity index is 1.63. The van der Waals surface area contributed by atoms with Gasteiger partial charge in [-0.1, -0.05) is 47.1 Å². The van der Waals surface area contributed by atoms with E-state index in [4.69, 9.17) is 25.6 Å². The Kier molecular flexibility index (Phi) is 5.63. The molecule has 0 aliphatic heterocycles. The second-order valence-electron chi connectivity index (χ2n) is 6.77. The van der Waals surface area contributed by atoms with Crippen LogP contribution in [0.1, 0.15) is 11.3 Å². The van der Waals surface area contributed by atoms with E-state index in [1.165, 1.54) is 0 Å². The summed E-state index contributed by atoms with van der Waals surface area (Å²) in [6, 6.07) is 20.1. The van der Waals surface area contributed by atoms with Crippen LogP contribution in [0.25, 0.3) is 22.5 Å². The molecule has 0 spiro atoms. The lowest BCUT2D eigenvalue weighted by atomic mass is 9.98. The number of halogens is 1. The van der Waals surface area contributed by atoms with Crippen molar-refractivity contribution in [1.82, 2.24) is 5.16 Å². The highest BCUT2D eigenvalue weighted by atomic mass is 35.5. The predicted octanol–water partition coefficient (Wildman–Crippen LogP) is 6.26. The second kappa shape index (κ2) is 8.51. The van der Waals surface area contributed by atoms with Crippen LogP contribution in [-0.2, 0) is 6.61 Å². The van der Waals surface area contributed by atoms with Crippen molar-refractivity contribution in [2.24, 2.45) is 0 Å². The molecule has 30 heavy (non-hydrogen) atoms. The van der Waals surface area contributed by atoms with Gasteiger partial charge in [0.15, 0.2) is 5.76 Å². The highest BCUT2D eigenvalue weighted by Crippen LogP contribution is 2.42. The van der Waals surface area contributed by atoms with E-state index in [2.05, 4.69) is 5.16 Å². The van der Waals surface area contributed by atoms with Gasteiger partial charge in [-0.25, -0.2) is 0 Å². The Morgan fingerprint density at radius 2 is 1.77 bits per heavy atom. The molecule has 0 aliphatic rings. The van der Waals surface area contributed by atoms with Crippen molar-refractivity contribution in [3.05, 3.63) is 83.0 Å². The summed E-state index contributed by atoms with van der Waals surface area (Å²) in [7, 11) is 1.62. The van der Waals surface area contributed by atoms with Gasteiger partial charge in [0, 0.05) is 16.7 Å². The van der Waals surface area contributed by atoms with E-state index in [1.54, 1.807) is 25.3 Å². The number of phenolic OH excluding ortho intramolecular Hbond substituents is 1. The summed E-state index contributed by atoms with van der Waals surface area (Å²) >= 11 is 5.91. The smallest absolute Gasteiger partial charge is 0.178 e. The first kappa shape index (κ1) is 19.9. The van der Waals surface area contributed by atoms with Crippen molar-refractivity contribution >= 4 is 11.6 Å². The van der Waals surface area contributed by atoms with E-state index >= 15 is 0 Å². The third kappa shape index (κ3) is 3.98. The summed E-state index contributed by atoms with van der Waals surface area (Å²) in [5, 5.41) is 15.5. The van der Waals surface area contributed by atoms with E-state index in [9.17, 15) is 5.11 Å². The van der Waals surface area contributed by atoms with Crippen molar-refractivity contribution in [2.75, 3.05) is 7.11 Å². The number of ether oxygens (including phenoxy) is 2. The van der Waals surface area contributed by atoms with Crippen LogP contribution in [0.2, 0.25) is 5.02 Å². The van der Waals surface area contributed by atoms with Crippen molar-refractivity contribution in [2.45, 2.75) is 13.5 Å². The monoisotopic (exact) mass is 421 g/mol. The van der Waals surface area contributed by atoms with Crippen LogP contribution in [0.5, 0.6) is 17.2 Å². The largest absolute Gasteiger partial charge is 0.507 e. The second-order valence-corrected chi connectivity index (χ2v) is 7.20. The number of hydrogen-bond acceptors (Lipinski definition) is 5. The van der Waals surface area contributed by atoms with E-state index < -0.39 is 0 Å². The fourth-order valence-electron chi connectivity index (χ4n) is 3.26. The fourth-order valence-corrected chi connectivity index (χ4v) is 3.39. The van der Waals surface area contributed by atoms with Crippen LogP contribution in [-0.4, -0.2) is 17.4 Å². The van der Waals surface area contributed by atoms with Crippen LogP contribution in [0, 0.1) is 6.92 Å². The summed E-state index contributed by atoms with van der Waals surface area (Å²) in [4.78, 5) is 0. The summed E-state index contributed by atoms with van der Waals surface area (Å²) in [5.41, 5.74) is 3.83. The molecule has 1 N–H and O–H groups in total. The Morgan fingerprint density at radius 1 is 1.00 bits per heavy atom. The Hall–Kier alpha value is -3.44. The minimum absolute atomic E-state index is 0.0379. The molecular formula is C24H20ClNO4. The van der Waals surface area contributed by atoms with Gasteiger partial charge < -0.3 is 19.1 Å². The fraction of sp³-hybridized carbons (Fsp3) is 0.125. The molecule has 0 amide bonds. The zero-order chi connectivity index (χ0) is 21.1. The van der Waals surface area contributed by atoms with Crippen LogP contribution in [0.3, 0.4) is 0 Å². The molecule has 0 aliphatic carbocycles. The van der Waals surface area contributed by atoms with Gasteiger partial charge in [0.1, 0.15) is 23.9 Å². The lowest BCUT2D eigenvalue weighted by Crippen LogP contribution is -1.95. The van der Waals surface area contributed by atoms with E-state index in [1.807, 2.05) is 55.5 Å². The molecule has 152 valence electrons. The van der Waals surface area contributed by atoms with Crippen LogP contribution in [0.4, 0.5) is 0 Å². The third-order valence-corrected chi connectivity index (χ3v) is 5.02. The van der Waals surface area contributed by atoms with Gasteiger partial charge in [-0.3, -0.25) is 0 Å². The normalized spacial score (nSPS) is 10.8. The first-order valence-electron chi connectivity index (χ1n) is 9.37. The first-order valence-corrected chi connectivity index (χ1v) is 9.75. The predicted molar refractivity (Wildman–Crippen MR) is 116 cm³/mol. The Labute approximate surface area is 179 Å². The minimum atomic E-state index is 0.0379. The van der Waals surface area contributed by atoms with E-state index in [-0.39, 0.29) is 5.75 Å². The van der Waals surface area contributed by atoms with Gasteiger partial charge in [-0.2, -0.15) is 0 Å². The lowest BCUT2D eigenvalue weighted by molar-refractivity contribution is 0.304. The van der Waals surface area contributed by atoms with Gasteiger partial charge in [0.05, 0.1) is 23.9 Å². The summed E-state index contributed by atoms with van der Waals surface area (Å²) in [6.07, 6.45) is 0. The molecule has 0 atom stereocenters. The minimum Gasteiger partial charge on any atom is -0.507 e. The van der Waals surface area contributed by atoms with Crippen LogP contribution in [0.15, 0.2) is 71.3 Å². The lowest BCUT2D eigenvalue weighted by Gasteiger charge is -2.11. The topological polar surface area (TPSA) is 64.7 Å². The number of nitrogens with zero attached hydrogens (tertiary/aromatic N) is 1. The van der Waals surface area contributed by atoms with Gasteiger partial charge in [-0.15, -0.1) is 0 Å². The van der Waals surface area contributed by atoms with Gasteiger partial charge in [0.25, 0.3) is 0 Å². The van der Waals surface area contributed by atoms with Crippen molar-refractivity contribution in [1.29, 1.82) is 0 Å².